The minimum Gasteiger partial charge on any atom is -0.300 e. The van der Waals surface area contributed by atoms with Crippen molar-refractivity contribution in [3.8, 4) is 0 Å². The first-order valence-corrected chi connectivity index (χ1v) is 5.20. The number of carbonyl (C=O) groups is 1. The highest BCUT2D eigenvalue weighted by atomic mass is 16.6. The van der Waals surface area contributed by atoms with Crippen molar-refractivity contribution in [2.75, 3.05) is 0 Å². The van der Waals surface area contributed by atoms with Gasteiger partial charge in [0.2, 0.25) is 6.04 Å². The number of Topliss-reactive ketones (excluding diaryl/α,β-unsaturated/α-hetero) is 1. The molecule has 0 saturated heterocycles. The number of nitrogens with zero attached hydrogens (tertiary/aromatic N) is 1. The molecular formula is C12H15NO3. The van der Waals surface area contributed by atoms with Gasteiger partial charge < -0.3 is 4.79 Å². The lowest BCUT2D eigenvalue weighted by Crippen LogP contribution is -2.25. The molecule has 0 aliphatic heterocycles. The first-order chi connectivity index (χ1) is 7.52. The normalized spacial score (nSPS) is 14.1. The van der Waals surface area contributed by atoms with Crippen molar-refractivity contribution in [3.05, 3.63) is 46.0 Å². The Morgan fingerprint density at radius 1 is 1.38 bits per heavy atom. The molecule has 0 fully saturated rings. The lowest BCUT2D eigenvalue weighted by molar-refractivity contribution is -0.522. The Labute approximate surface area is 94.4 Å². The fourth-order valence-corrected chi connectivity index (χ4v) is 1.72. The van der Waals surface area contributed by atoms with Gasteiger partial charge in [0.05, 0.1) is 5.92 Å². The number of rotatable bonds is 5. The fourth-order valence-electron chi connectivity index (χ4n) is 1.72. The van der Waals surface area contributed by atoms with Crippen molar-refractivity contribution in [2.24, 2.45) is 0 Å². The van der Waals surface area contributed by atoms with Crippen LogP contribution in [0.25, 0.3) is 0 Å². The third-order valence-electron chi connectivity index (χ3n) is 2.65. The molecule has 2 atom stereocenters. The maximum Gasteiger partial charge on any atom is 0.217 e. The molecule has 0 aromatic heterocycles. The summed E-state index contributed by atoms with van der Waals surface area (Å²) >= 11 is 0. The Hall–Kier alpha value is -1.71. The Balaban J connectivity index is 2.96. The average Bonchev–Trinajstić information content (AvgIpc) is 2.26. The van der Waals surface area contributed by atoms with Crippen LogP contribution in [0.3, 0.4) is 0 Å². The Morgan fingerprint density at radius 3 is 2.38 bits per heavy atom. The molecule has 4 heteroatoms. The van der Waals surface area contributed by atoms with E-state index in [4.69, 9.17) is 0 Å². The molecule has 0 radical (unpaired) electrons. The zero-order valence-corrected chi connectivity index (χ0v) is 9.42. The van der Waals surface area contributed by atoms with Gasteiger partial charge in [0.15, 0.2) is 0 Å². The lowest BCUT2D eigenvalue weighted by Gasteiger charge is -2.17. The molecule has 0 aliphatic rings. The minimum atomic E-state index is -0.744. The van der Waals surface area contributed by atoms with Crippen LogP contribution in [-0.2, 0) is 4.79 Å². The molecule has 0 aliphatic carbocycles. The van der Waals surface area contributed by atoms with E-state index in [0.717, 1.165) is 5.56 Å². The van der Waals surface area contributed by atoms with Crippen LogP contribution in [-0.4, -0.2) is 16.7 Å². The predicted octanol–water partition coefficient (Wildman–Crippen LogP) is 2.41. The van der Waals surface area contributed by atoms with Crippen LogP contribution in [0.1, 0.15) is 31.7 Å². The molecule has 1 aromatic rings. The second-order valence-electron chi connectivity index (χ2n) is 3.95. The van der Waals surface area contributed by atoms with Crippen LogP contribution < -0.4 is 0 Å². The summed E-state index contributed by atoms with van der Waals surface area (Å²) in [4.78, 5) is 21.6. The van der Waals surface area contributed by atoms with Crippen molar-refractivity contribution < 1.29 is 9.72 Å². The van der Waals surface area contributed by atoms with Gasteiger partial charge in [-0.2, -0.15) is 0 Å². The molecule has 0 unspecified atom stereocenters. The molecule has 86 valence electrons. The third kappa shape index (κ3) is 3.15. The van der Waals surface area contributed by atoms with Crippen molar-refractivity contribution in [2.45, 2.75) is 32.2 Å². The highest BCUT2D eigenvalue weighted by molar-refractivity contribution is 5.76. The first kappa shape index (κ1) is 12.4. The van der Waals surface area contributed by atoms with Crippen molar-refractivity contribution in [3.63, 3.8) is 0 Å². The van der Waals surface area contributed by atoms with Crippen molar-refractivity contribution >= 4 is 5.78 Å². The van der Waals surface area contributed by atoms with Crippen LogP contribution in [0.2, 0.25) is 0 Å². The average molecular weight is 221 g/mol. The van der Waals surface area contributed by atoms with Gasteiger partial charge in [-0.1, -0.05) is 30.3 Å². The van der Waals surface area contributed by atoms with E-state index >= 15 is 0 Å². The number of ketones is 1. The first-order valence-electron chi connectivity index (χ1n) is 5.20. The molecular weight excluding hydrogens is 206 g/mol. The van der Waals surface area contributed by atoms with E-state index in [0.29, 0.717) is 0 Å². The summed E-state index contributed by atoms with van der Waals surface area (Å²) in [5, 5.41) is 10.8. The lowest BCUT2D eigenvalue weighted by atomic mass is 9.88. The molecule has 4 nitrogen and oxygen atoms in total. The predicted molar refractivity (Wildman–Crippen MR) is 60.9 cm³/mol. The zero-order chi connectivity index (χ0) is 12.1. The summed E-state index contributed by atoms with van der Waals surface area (Å²) < 4.78 is 0. The molecule has 1 rings (SSSR count). The standard InChI is InChI=1S/C12H15NO3/c1-9(14)8-12(10(2)13(15)16)11-6-4-3-5-7-11/h3-7,10,12H,8H2,1-2H3/t10-,12+/m1/s1. The Bertz CT molecular complexity index is 375. The van der Waals surface area contributed by atoms with E-state index in [1.807, 2.05) is 30.3 Å². The Kier molecular flexibility index (Phi) is 4.17. The number of hydrogen-bond donors (Lipinski definition) is 0. The van der Waals surface area contributed by atoms with Crippen LogP contribution in [0.5, 0.6) is 0 Å². The highest BCUT2D eigenvalue weighted by Crippen LogP contribution is 2.25. The molecule has 1 aromatic carbocycles. The SMILES string of the molecule is CC(=O)C[C@H](c1ccccc1)[C@@H](C)[N+](=O)[O-]. The van der Waals surface area contributed by atoms with Crippen molar-refractivity contribution in [1.29, 1.82) is 0 Å². The largest absolute Gasteiger partial charge is 0.300 e. The molecule has 0 bridgehead atoms. The fraction of sp³-hybridized carbons (Fsp3) is 0.417. The number of hydrogen-bond acceptors (Lipinski definition) is 3. The van der Waals surface area contributed by atoms with E-state index < -0.39 is 6.04 Å². The van der Waals surface area contributed by atoms with Gasteiger partial charge in [0, 0.05) is 18.3 Å². The van der Waals surface area contributed by atoms with E-state index in [2.05, 4.69) is 0 Å². The van der Waals surface area contributed by atoms with E-state index in [-0.39, 0.29) is 23.0 Å². The second kappa shape index (κ2) is 5.39. The van der Waals surface area contributed by atoms with Gasteiger partial charge in [-0.15, -0.1) is 0 Å². The van der Waals surface area contributed by atoms with Crippen LogP contribution in [0, 0.1) is 10.1 Å². The summed E-state index contributed by atoms with van der Waals surface area (Å²) in [6.07, 6.45) is 0.214. The van der Waals surface area contributed by atoms with E-state index in [1.165, 1.54) is 6.92 Å². The number of benzene rings is 1. The summed E-state index contributed by atoms with van der Waals surface area (Å²) in [6, 6.07) is 8.42. The minimum absolute atomic E-state index is 0.0254. The maximum atomic E-state index is 11.1. The monoisotopic (exact) mass is 221 g/mol. The molecule has 0 heterocycles. The maximum absolute atomic E-state index is 11.1. The van der Waals surface area contributed by atoms with E-state index in [9.17, 15) is 14.9 Å². The van der Waals surface area contributed by atoms with Crippen molar-refractivity contribution in [1.82, 2.24) is 0 Å². The Morgan fingerprint density at radius 2 is 1.94 bits per heavy atom. The smallest absolute Gasteiger partial charge is 0.217 e. The van der Waals surface area contributed by atoms with Crippen LogP contribution >= 0.6 is 0 Å². The molecule has 0 amide bonds. The summed E-state index contributed by atoms with van der Waals surface area (Å²) in [5.74, 6) is -0.365. The van der Waals surface area contributed by atoms with Gasteiger partial charge in [-0.05, 0) is 12.5 Å². The highest BCUT2D eigenvalue weighted by Gasteiger charge is 2.28. The molecule has 0 saturated carbocycles. The van der Waals surface area contributed by atoms with Crippen LogP contribution in [0.15, 0.2) is 30.3 Å². The van der Waals surface area contributed by atoms with E-state index in [1.54, 1.807) is 6.92 Å². The van der Waals surface area contributed by atoms with Gasteiger partial charge in [0.25, 0.3) is 0 Å². The number of nitro groups is 1. The quantitative estimate of drug-likeness (QED) is 0.566. The molecule has 16 heavy (non-hydrogen) atoms. The molecule has 0 spiro atoms. The van der Waals surface area contributed by atoms with Gasteiger partial charge >= 0.3 is 0 Å². The second-order valence-corrected chi connectivity index (χ2v) is 3.95. The van der Waals surface area contributed by atoms with Gasteiger partial charge in [-0.25, -0.2) is 0 Å². The number of carbonyl (C=O) groups excluding carboxylic acids is 1. The summed E-state index contributed by atoms with van der Waals surface area (Å²) in [5.41, 5.74) is 0.849. The zero-order valence-electron chi connectivity index (χ0n) is 9.42. The third-order valence-corrected chi connectivity index (χ3v) is 2.65. The van der Waals surface area contributed by atoms with Crippen LogP contribution in [0.4, 0.5) is 0 Å². The van der Waals surface area contributed by atoms with Gasteiger partial charge in [-0.3, -0.25) is 10.1 Å². The molecule has 0 N–H and O–H groups in total. The summed E-state index contributed by atoms with van der Waals surface area (Å²) in [7, 11) is 0. The summed E-state index contributed by atoms with van der Waals surface area (Å²) in [6.45, 7) is 3.00. The topological polar surface area (TPSA) is 60.2 Å². The van der Waals surface area contributed by atoms with Gasteiger partial charge in [0.1, 0.15) is 5.78 Å².